The van der Waals surface area contributed by atoms with Gasteiger partial charge in [0.1, 0.15) is 0 Å². The molecule has 2 unspecified atom stereocenters. The van der Waals surface area contributed by atoms with Gasteiger partial charge >= 0.3 is 0 Å². The van der Waals surface area contributed by atoms with Crippen LogP contribution in [0.25, 0.3) is 0 Å². The normalized spacial score (nSPS) is 26.1. The van der Waals surface area contributed by atoms with Gasteiger partial charge < -0.3 is 10.4 Å². The number of aliphatic hydroxyl groups excluding tert-OH is 1. The van der Waals surface area contributed by atoms with E-state index >= 15 is 0 Å². The molecule has 1 aromatic rings. The first-order valence-electron chi connectivity index (χ1n) is 5.66. The fourth-order valence-electron chi connectivity index (χ4n) is 2.02. The molecule has 0 saturated heterocycles. The Hall–Kier alpha value is -0.620. The summed E-state index contributed by atoms with van der Waals surface area (Å²) in [6, 6.07) is 7.55. The van der Waals surface area contributed by atoms with Crippen molar-refractivity contribution < 1.29 is 9.90 Å². The first kappa shape index (κ1) is 12.8. The summed E-state index contributed by atoms with van der Waals surface area (Å²) in [6.45, 7) is 3.95. The molecule has 0 bridgehead atoms. The molecule has 1 saturated carbocycles. The van der Waals surface area contributed by atoms with E-state index < -0.39 is 0 Å². The largest absolute Gasteiger partial charge is 0.392 e. The minimum atomic E-state index is -0.316. The third-order valence-corrected chi connectivity index (χ3v) is 4.28. The van der Waals surface area contributed by atoms with Crippen molar-refractivity contribution in [3.8, 4) is 0 Å². The molecule has 17 heavy (non-hydrogen) atoms. The lowest BCUT2D eigenvalue weighted by Crippen LogP contribution is -2.61. The zero-order chi connectivity index (χ0) is 12.6. The van der Waals surface area contributed by atoms with Crippen LogP contribution in [0, 0.1) is 8.99 Å². The van der Waals surface area contributed by atoms with Crippen LogP contribution in [0.5, 0.6) is 0 Å². The van der Waals surface area contributed by atoms with Crippen LogP contribution in [-0.4, -0.2) is 23.2 Å². The number of nitrogens with one attached hydrogen (secondary N) is 1. The van der Waals surface area contributed by atoms with Crippen LogP contribution in [0.1, 0.15) is 30.6 Å². The highest BCUT2D eigenvalue weighted by Gasteiger charge is 2.47. The molecule has 2 rings (SSSR count). The van der Waals surface area contributed by atoms with E-state index in [0.29, 0.717) is 12.0 Å². The number of halogens is 1. The van der Waals surface area contributed by atoms with E-state index in [1.54, 1.807) is 6.07 Å². The van der Waals surface area contributed by atoms with E-state index in [-0.39, 0.29) is 23.5 Å². The highest BCUT2D eigenvalue weighted by Crippen LogP contribution is 2.40. The Balaban J connectivity index is 2.04. The Labute approximate surface area is 115 Å². The zero-order valence-electron chi connectivity index (χ0n) is 9.90. The summed E-state index contributed by atoms with van der Waals surface area (Å²) in [7, 11) is 0. The van der Waals surface area contributed by atoms with Gasteiger partial charge in [0, 0.05) is 20.6 Å². The smallest absolute Gasteiger partial charge is 0.251 e. The van der Waals surface area contributed by atoms with E-state index in [0.717, 1.165) is 3.57 Å². The standard InChI is InChI=1S/C13H16INO2/c1-13(2)10(7-11(13)16)15-12(17)8-4-3-5-9(14)6-8/h3-6,10-11,16H,7H2,1-2H3,(H,15,17). The molecule has 2 atom stereocenters. The predicted octanol–water partition coefficient (Wildman–Crippen LogP) is 2.18. The second-order valence-corrected chi connectivity index (χ2v) is 6.35. The number of hydrogen-bond acceptors (Lipinski definition) is 2. The van der Waals surface area contributed by atoms with Gasteiger partial charge in [0.15, 0.2) is 0 Å². The quantitative estimate of drug-likeness (QED) is 0.808. The van der Waals surface area contributed by atoms with Gasteiger partial charge in [0.2, 0.25) is 0 Å². The van der Waals surface area contributed by atoms with E-state index in [4.69, 9.17) is 0 Å². The molecule has 0 spiro atoms. The third-order valence-electron chi connectivity index (χ3n) is 3.61. The van der Waals surface area contributed by atoms with Gasteiger partial charge in [-0.25, -0.2) is 0 Å². The monoisotopic (exact) mass is 345 g/mol. The summed E-state index contributed by atoms with van der Waals surface area (Å²) in [4.78, 5) is 12.0. The van der Waals surface area contributed by atoms with Crippen molar-refractivity contribution in [2.24, 2.45) is 5.41 Å². The Morgan fingerprint density at radius 2 is 2.24 bits per heavy atom. The van der Waals surface area contributed by atoms with E-state index in [2.05, 4.69) is 27.9 Å². The maximum absolute atomic E-state index is 12.0. The molecule has 2 N–H and O–H groups in total. The average Bonchev–Trinajstić information content (AvgIpc) is 2.28. The molecule has 0 aliphatic heterocycles. The van der Waals surface area contributed by atoms with Crippen molar-refractivity contribution >= 4 is 28.5 Å². The van der Waals surface area contributed by atoms with Crippen molar-refractivity contribution in [1.82, 2.24) is 5.32 Å². The fraction of sp³-hybridized carbons (Fsp3) is 0.462. The maximum Gasteiger partial charge on any atom is 0.251 e. The summed E-state index contributed by atoms with van der Waals surface area (Å²) in [5.41, 5.74) is 0.450. The molecule has 0 heterocycles. The molecule has 0 aromatic heterocycles. The molecule has 4 heteroatoms. The number of rotatable bonds is 2. The van der Waals surface area contributed by atoms with Gasteiger partial charge in [-0.15, -0.1) is 0 Å². The molecule has 1 fully saturated rings. The van der Waals surface area contributed by atoms with Gasteiger partial charge in [0.05, 0.1) is 6.10 Å². The van der Waals surface area contributed by atoms with Gasteiger partial charge in [-0.05, 0) is 47.2 Å². The van der Waals surface area contributed by atoms with Crippen LogP contribution in [0.15, 0.2) is 24.3 Å². The van der Waals surface area contributed by atoms with Crippen molar-refractivity contribution in [1.29, 1.82) is 0 Å². The lowest BCUT2D eigenvalue weighted by Gasteiger charge is -2.49. The number of carbonyl (C=O) groups excluding carboxylic acids is 1. The molecular formula is C13H16INO2. The first-order chi connectivity index (χ1) is 7.91. The van der Waals surface area contributed by atoms with Crippen LogP contribution in [0.4, 0.5) is 0 Å². The third kappa shape index (κ3) is 2.47. The number of carbonyl (C=O) groups is 1. The highest BCUT2D eigenvalue weighted by atomic mass is 127. The molecule has 92 valence electrons. The second kappa shape index (κ2) is 4.57. The Morgan fingerprint density at radius 1 is 1.53 bits per heavy atom. The van der Waals surface area contributed by atoms with Crippen molar-refractivity contribution in [3.63, 3.8) is 0 Å². The topological polar surface area (TPSA) is 49.3 Å². The van der Waals surface area contributed by atoms with Crippen LogP contribution < -0.4 is 5.32 Å². The summed E-state index contributed by atoms with van der Waals surface area (Å²) in [5, 5.41) is 12.6. The van der Waals surface area contributed by atoms with Crippen LogP contribution in [0.2, 0.25) is 0 Å². The van der Waals surface area contributed by atoms with Crippen molar-refractivity contribution in [3.05, 3.63) is 33.4 Å². The second-order valence-electron chi connectivity index (χ2n) is 5.11. The number of aliphatic hydroxyl groups is 1. The number of hydrogen-bond donors (Lipinski definition) is 2. The molecule has 1 aliphatic carbocycles. The Bertz CT molecular complexity index is 445. The minimum absolute atomic E-state index is 0.0582. The zero-order valence-corrected chi connectivity index (χ0v) is 12.1. The van der Waals surface area contributed by atoms with Crippen molar-refractivity contribution in [2.75, 3.05) is 0 Å². The van der Waals surface area contributed by atoms with E-state index in [1.165, 1.54) is 0 Å². The van der Waals surface area contributed by atoms with Crippen LogP contribution in [0.3, 0.4) is 0 Å². The molecule has 3 nitrogen and oxygen atoms in total. The lowest BCUT2D eigenvalue weighted by molar-refractivity contribution is -0.0689. The van der Waals surface area contributed by atoms with E-state index in [9.17, 15) is 9.90 Å². The molecule has 1 aromatic carbocycles. The van der Waals surface area contributed by atoms with Gasteiger partial charge in [-0.2, -0.15) is 0 Å². The maximum atomic E-state index is 12.0. The number of benzene rings is 1. The molecule has 1 aliphatic rings. The Kier molecular flexibility index (Phi) is 3.45. The van der Waals surface area contributed by atoms with Crippen LogP contribution >= 0.6 is 22.6 Å². The summed E-state index contributed by atoms with van der Waals surface area (Å²) in [5.74, 6) is -0.0616. The van der Waals surface area contributed by atoms with Gasteiger partial charge in [-0.1, -0.05) is 19.9 Å². The first-order valence-corrected chi connectivity index (χ1v) is 6.73. The van der Waals surface area contributed by atoms with Crippen molar-refractivity contribution in [2.45, 2.75) is 32.4 Å². The summed E-state index contributed by atoms with van der Waals surface area (Å²) >= 11 is 2.19. The molecular weight excluding hydrogens is 329 g/mol. The Morgan fingerprint density at radius 3 is 2.76 bits per heavy atom. The van der Waals surface area contributed by atoms with Crippen LogP contribution in [-0.2, 0) is 0 Å². The molecule has 1 amide bonds. The predicted molar refractivity (Wildman–Crippen MR) is 74.8 cm³/mol. The summed E-state index contributed by atoms with van der Waals surface area (Å²) in [6.07, 6.45) is 0.326. The fourth-order valence-corrected chi connectivity index (χ4v) is 2.56. The minimum Gasteiger partial charge on any atom is -0.392 e. The average molecular weight is 345 g/mol. The molecule has 0 radical (unpaired) electrons. The highest BCUT2D eigenvalue weighted by molar-refractivity contribution is 14.1. The lowest BCUT2D eigenvalue weighted by atomic mass is 9.64. The van der Waals surface area contributed by atoms with E-state index in [1.807, 2.05) is 32.0 Å². The van der Waals surface area contributed by atoms with Gasteiger partial charge in [0.25, 0.3) is 5.91 Å². The summed E-state index contributed by atoms with van der Waals surface area (Å²) < 4.78 is 1.04. The SMILES string of the molecule is CC1(C)C(O)CC1NC(=O)c1cccc(I)c1. The van der Waals surface area contributed by atoms with Gasteiger partial charge in [-0.3, -0.25) is 4.79 Å². The number of amides is 1.